The Hall–Kier alpha value is -3.66. The Morgan fingerprint density at radius 2 is 1.89 bits per heavy atom. The van der Waals surface area contributed by atoms with Gasteiger partial charge in [0.05, 0.1) is 19.1 Å². The first-order valence-corrected chi connectivity index (χ1v) is 16.6. The normalized spacial score (nSPS) is 30.8. The number of hydrogen-bond acceptors (Lipinski definition) is 9. The molecule has 2 bridgehead atoms. The molecular formula is C36H48N2O8. The van der Waals surface area contributed by atoms with Crippen LogP contribution in [-0.2, 0) is 44.6 Å². The quantitative estimate of drug-likeness (QED) is 0.256. The van der Waals surface area contributed by atoms with E-state index in [0.29, 0.717) is 56.9 Å². The number of carbonyl (C=O) groups is 5. The zero-order chi connectivity index (χ0) is 33.3. The van der Waals surface area contributed by atoms with Gasteiger partial charge in [-0.05, 0) is 93.7 Å². The summed E-state index contributed by atoms with van der Waals surface area (Å²) in [5.74, 6) is -3.50. The van der Waals surface area contributed by atoms with Crippen molar-refractivity contribution >= 4 is 29.4 Å². The van der Waals surface area contributed by atoms with E-state index >= 15 is 0 Å². The first-order valence-electron chi connectivity index (χ1n) is 16.6. The Labute approximate surface area is 271 Å². The summed E-state index contributed by atoms with van der Waals surface area (Å²) < 4.78 is 17.5. The van der Waals surface area contributed by atoms with E-state index in [1.54, 1.807) is 18.5 Å². The van der Waals surface area contributed by atoms with Crippen LogP contribution in [-0.4, -0.2) is 76.8 Å². The first kappa shape index (κ1) is 35.2. The highest BCUT2D eigenvalue weighted by Crippen LogP contribution is 2.33. The summed E-state index contributed by atoms with van der Waals surface area (Å²) in [5, 5.41) is 0. The molecule has 0 radical (unpaired) electrons. The number of aromatic nitrogens is 1. The Bertz CT molecular complexity index is 1310. The lowest BCUT2D eigenvalue weighted by Gasteiger charge is -2.36. The van der Waals surface area contributed by atoms with Gasteiger partial charge in [-0.3, -0.25) is 24.2 Å². The fraction of sp³-hybridized carbons (Fsp3) is 0.611. The van der Waals surface area contributed by atoms with E-state index in [4.69, 9.17) is 14.2 Å². The molecule has 4 heterocycles. The van der Waals surface area contributed by atoms with Crippen LogP contribution in [0.15, 0.2) is 48.8 Å². The molecule has 2 fully saturated rings. The van der Waals surface area contributed by atoms with E-state index < -0.39 is 47.3 Å². The maximum atomic E-state index is 13.8. The second kappa shape index (κ2) is 16.3. The number of amides is 1. The van der Waals surface area contributed by atoms with E-state index in [2.05, 4.69) is 11.6 Å². The Morgan fingerprint density at radius 3 is 2.63 bits per heavy atom. The second-order valence-corrected chi connectivity index (χ2v) is 13.2. The molecule has 3 aliphatic heterocycles. The number of ketones is 2. The minimum Gasteiger partial charge on any atom is -0.465 e. The van der Waals surface area contributed by atoms with Crippen molar-refractivity contribution in [3.8, 4) is 0 Å². The highest BCUT2D eigenvalue weighted by atomic mass is 16.6. The molecule has 46 heavy (non-hydrogen) atoms. The van der Waals surface area contributed by atoms with Crippen molar-refractivity contribution in [2.75, 3.05) is 19.8 Å². The van der Waals surface area contributed by atoms with Crippen molar-refractivity contribution in [2.24, 2.45) is 17.8 Å². The number of ether oxygens (including phenoxy) is 3. The van der Waals surface area contributed by atoms with Crippen LogP contribution in [0, 0.1) is 17.8 Å². The number of esters is 2. The minimum absolute atomic E-state index is 0.00350. The molecule has 4 rings (SSSR count). The molecule has 1 amide bonds. The van der Waals surface area contributed by atoms with Gasteiger partial charge < -0.3 is 19.1 Å². The summed E-state index contributed by atoms with van der Waals surface area (Å²) in [4.78, 5) is 72.7. The van der Waals surface area contributed by atoms with Crippen LogP contribution in [0.4, 0.5) is 0 Å². The molecule has 1 aromatic heterocycles. The predicted molar refractivity (Wildman–Crippen MR) is 170 cm³/mol. The molecule has 10 heteroatoms. The first-order chi connectivity index (χ1) is 22.0. The van der Waals surface area contributed by atoms with Crippen LogP contribution < -0.4 is 0 Å². The molecule has 0 aliphatic carbocycles. The zero-order valence-electron chi connectivity index (χ0n) is 27.4. The van der Waals surface area contributed by atoms with Crippen LogP contribution in [0.25, 0.3) is 0 Å². The molecule has 6 atom stereocenters. The molecule has 250 valence electrons. The van der Waals surface area contributed by atoms with Crippen LogP contribution in [0.5, 0.6) is 0 Å². The number of fused-ring (bicyclic) bond motifs is 3. The lowest BCUT2D eigenvalue weighted by atomic mass is 9.90. The molecular weight excluding hydrogens is 588 g/mol. The van der Waals surface area contributed by atoms with Gasteiger partial charge in [0.25, 0.3) is 11.7 Å². The summed E-state index contributed by atoms with van der Waals surface area (Å²) in [5.41, 5.74) is 0.160. The average Bonchev–Trinajstić information content (AvgIpc) is 3.47. The average molecular weight is 637 g/mol. The molecule has 2 saturated heterocycles. The summed E-state index contributed by atoms with van der Waals surface area (Å²) in [6.07, 6.45) is 11.2. The van der Waals surface area contributed by atoms with Crippen molar-refractivity contribution in [2.45, 2.75) is 103 Å². The molecule has 0 aromatic carbocycles. The van der Waals surface area contributed by atoms with E-state index in [1.165, 1.54) is 11.8 Å². The van der Waals surface area contributed by atoms with E-state index in [9.17, 15) is 24.0 Å². The van der Waals surface area contributed by atoms with Crippen molar-refractivity contribution in [1.29, 1.82) is 0 Å². The van der Waals surface area contributed by atoms with Gasteiger partial charge >= 0.3 is 11.9 Å². The summed E-state index contributed by atoms with van der Waals surface area (Å²) >= 11 is 0. The van der Waals surface area contributed by atoms with Crippen molar-refractivity contribution < 1.29 is 38.2 Å². The number of nitrogens with zero attached hydrogens (tertiary/aromatic N) is 2. The van der Waals surface area contributed by atoms with Gasteiger partial charge in [0.1, 0.15) is 17.7 Å². The molecule has 3 aliphatic rings. The third-order valence-corrected chi connectivity index (χ3v) is 9.48. The number of allylic oxidation sites excluding steroid dienone is 3. The number of aryl methyl sites for hydroxylation is 1. The topological polar surface area (TPSA) is 129 Å². The van der Waals surface area contributed by atoms with Crippen LogP contribution in [0.2, 0.25) is 0 Å². The van der Waals surface area contributed by atoms with Crippen LogP contribution in [0.1, 0.15) is 84.1 Å². The molecule has 0 N–H and O–H groups in total. The molecule has 1 aromatic rings. The van der Waals surface area contributed by atoms with Crippen LogP contribution in [0.3, 0.4) is 0 Å². The number of piperidine rings is 1. The van der Waals surface area contributed by atoms with Gasteiger partial charge in [-0.2, -0.15) is 0 Å². The summed E-state index contributed by atoms with van der Waals surface area (Å²) in [7, 11) is 0. The maximum absolute atomic E-state index is 13.8. The van der Waals surface area contributed by atoms with E-state index in [1.807, 2.05) is 32.1 Å². The molecule has 10 nitrogen and oxygen atoms in total. The minimum atomic E-state index is -1.50. The second-order valence-electron chi connectivity index (χ2n) is 13.2. The number of cyclic esters (lactones) is 2. The highest BCUT2D eigenvalue weighted by molar-refractivity contribution is 6.39. The lowest BCUT2D eigenvalue weighted by molar-refractivity contribution is -0.167. The van der Waals surface area contributed by atoms with Gasteiger partial charge in [0, 0.05) is 25.4 Å². The number of pyridine rings is 1. The van der Waals surface area contributed by atoms with Crippen molar-refractivity contribution in [3.05, 3.63) is 54.4 Å². The van der Waals surface area contributed by atoms with Gasteiger partial charge in [-0.1, -0.05) is 32.1 Å². The van der Waals surface area contributed by atoms with Gasteiger partial charge in [-0.15, -0.1) is 6.58 Å². The summed E-state index contributed by atoms with van der Waals surface area (Å²) in [6.45, 7) is 9.63. The van der Waals surface area contributed by atoms with Gasteiger partial charge in [-0.25, -0.2) is 4.79 Å². The Balaban J connectivity index is 1.61. The largest absolute Gasteiger partial charge is 0.465 e. The number of rotatable bonds is 5. The van der Waals surface area contributed by atoms with Crippen molar-refractivity contribution in [1.82, 2.24) is 9.88 Å². The van der Waals surface area contributed by atoms with Gasteiger partial charge in [0.15, 0.2) is 5.78 Å². The molecule has 4 unspecified atom stereocenters. The highest BCUT2D eigenvalue weighted by Gasteiger charge is 2.50. The number of carbonyl (C=O) groups excluding carboxylic acids is 5. The molecule has 0 spiro atoms. The third kappa shape index (κ3) is 8.99. The maximum Gasteiger partial charge on any atom is 0.329 e. The van der Waals surface area contributed by atoms with E-state index in [-0.39, 0.29) is 50.2 Å². The number of hydrogen-bond donors (Lipinski definition) is 0. The van der Waals surface area contributed by atoms with Gasteiger partial charge in [0.2, 0.25) is 0 Å². The lowest BCUT2D eigenvalue weighted by Crippen LogP contribution is -2.55. The SMILES string of the molecule is C=CCC1=CC(C)CCOC(=O)C2CO[C@](C)(C2)C(=O)C(=O)N2CCCC[C@H]2C(=O)OC(CCc2cccnc2)C(C)CCC1=O. The standard InChI is InChI=1S/C36H48N2O8/c1-5-9-27-20-24(2)16-19-44-34(42)28-21-36(4,45-23-28)32(40)33(41)38-18-7-6-11-29(38)35(43)46-31(25(3)12-14-30(27)39)15-13-26-10-8-17-37-22-26/h5,8,10,17,20,22,24-25,28-29,31H,1,6-7,9,11-16,18-19,21,23H2,2-4H3/t24?,25?,28?,29-,31?,36+/m0/s1. The molecule has 0 saturated carbocycles. The van der Waals surface area contributed by atoms with Crippen molar-refractivity contribution in [3.63, 3.8) is 0 Å². The predicted octanol–water partition coefficient (Wildman–Crippen LogP) is 4.74. The number of Topliss-reactive ketones (excluding diaryl/α,β-unsaturated/α-hetero) is 2. The smallest absolute Gasteiger partial charge is 0.329 e. The Kier molecular flexibility index (Phi) is 12.4. The monoisotopic (exact) mass is 636 g/mol. The Morgan fingerprint density at radius 1 is 1.09 bits per heavy atom. The zero-order valence-corrected chi connectivity index (χ0v) is 27.4. The van der Waals surface area contributed by atoms with E-state index in [0.717, 1.165) is 5.56 Å². The third-order valence-electron chi connectivity index (χ3n) is 9.48. The fourth-order valence-corrected chi connectivity index (χ4v) is 6.53. The fourth-order valence-electron chi connectivity index (χ4n) is 6.53. The van der Waals surface area contributed by atoms with Crippen LogP contribution >= 0.6 is 0 Å². The summed E-state index contributed by atoms with van der Waals surface area (Å²) in [6, 6.07) is 2.91.